The summed E-state index contributed by atoms with van der Waals surface area (Å²) < 4.78 is 73.9. The Morgan fingerprint density at radius 1 is 1.28 bits per heavy atom. The molecule has 1 aromatic carbocycles. The van der Waals surface area contributed by atoms with Crippen LogP contribution in [0.1, 0.15) is 19.3 Å². The quantitative estimate of drug-likeness (QED) is 0.570. The van der Waals surface area contributed by atoms with Crippen molar-refractivity contribution in [1.29, 1.82) is 0 Å². The number of aliphatic carboxylic acids is 1. The van der Waals surface area contributed by atoms with E-state index >= 15 is 0 Å². The van der Waals surface area contributed by atoms with Crippen LogP contribution in [0.2, 0.25) is 0 Å². The fourth-order valence-electron chi connectivity index (χ4n) is 2.92. The molecule has 1 unspecified atom stereocenters. The van der Waals surface area contributed by atoms with Crippen LogP contribution in [-0.4, -0.2) is 67.5 Å². The monoisotopic (exact) mass is 457 g/mol. The second-order valence-corrected chi connectivity index (χ2v) is 9.64. The van der Waals surface area contributed by atoms with E-state index in [1.54, 1.807) is 0 Å². The molecule has 29 heavy (non-hydrogen) atoms. The maximum absolute atomic E-state index is 12.6. The van der Waals surface area contributed by atoms with Gasteiger partial charge in [-0.2, -0.15) is 13.2 Å². The topological polar surface area (TPSA) is 93.1 Å². The minimum absolute atomic E-state index is 0.0123. The van der Waals surface area contributed by atoms with Crippen LogP contribution in [0.5, 0.6) is 5.75 Å². The van der Waals surface area contributed by atoms with Gasteiger partial charge in [0.1, 0.15) is 11.9 Å². The molecule has 1 aliphatic heterocycles. The summed E-state index contributed by atoms with van der Waals surface area (Å²) in [6, 6.07) is 5.48. The lowest BCUT2D eigenvalue weighted by Crippen LogP contribution is -2.48. The first-order chi connectivity index (χ1) is 13.5. The molecule has 0 amide bonds. The van der Waals surface area contributed by atoms with Crippen LogP contribution in [0.15, 0.2) is 29.2 Å². The van der Waals surface area contributed by atoms with E-state index in [2.05, 4.69) is 0 Å². The lowest BCUT2D eigenvalue weighted by atomic mass is 10.1. The first-order valence-electron chi connectivity index (χ1n) is 8.76. The van der Waals surface area contributed by atoms with Gasteiger partial charge in [0.05, 0.1) is 0 Å². The number of carboxylic acid groups (broad SMARTS) is 1. The van der Waals surface area contributed by atoms with E-state index in [-0.39, 0.29) is 48.9 Å². The van der Waals surface area contributed by atoms with Crippen molar-refractivity contribution in [2.45, 2.75) is 41.0 Å². The molecule has 1 heterocycles. The fourth-order valence-corrected chi connectivity index (χ4v) is 5.19. The van der Waals surface area contributed by atoms with E-state index in [4.69, 9.17) is 9.47 Å². The minimum atomic E-state index is -4.36. The Hall–Kier alpha value is -1.50. The first kappa shape index (κ1) is 23.8. The Morgan fingerprint density at radius 3 is 2.34 bits per heavy atom. The molecular weight excluding hydrogens is 435 g/mol. The van der Waals surface area contributed by atoms with Gasteiger partial charge in [0.15, 0.2) is 5.25 Å². The van der Waals surface area contributed by atoms with Gasteiger partial charge in [0.2, 0.25) is 10.0 Å². The zero-order valence-corrected chi connectivity index (χ0v) is 17.2. The van der Waals surface area contributed by atoms with Crippen LogP contribution < -0.4 is 4.74 Å². The van der Waals surface area contributed by atoms with Crippen LogP contribution >= 0.6 is 11.8 Å². The van der Waals surface area contributed by atoms with E-state index in [1.807, 2.05) is 0 Å². The predicted molar refractivity (Wildman–Crippen MR) is 100 cm³/mol. The molecule has 0 aromatic heterocycles. The fraction of sp³-hybridized carbons (Fsp3) is 0.588. The number of nitrogens with zero attached hydrogens (tertiary/aromatic N) is 1. The maximum Gasteiger partial charge on any atom is 0.446 e. The highest BCUT2D eigenvalue weighted by Gasteiger charge is 2.39. The molecule has 1 saturated heterocycles. The zero-order valence-electron chi connectivity index (χ0n) is 15.6. The number of thioether (sulfide) groups is 1. The van der Waals surface area contributed by atoms with Crippen molar-refractivity contribution in [2.75, 3.05) is 26.8 Å². The summed E-state index contributed by atoms with van der Waals surface area (Å²) in [6.45, 7) is 0.218. The highest BCUT2D eigenvalue weighted by Crippen LogP contribution is 2.37. The molecule has 1 aliphatic rings. The van der Waals surface area contributed by atoms with Crippen molar-refractivity contribution in [3.05, 3.63) is 24.3 Å². The van der Waals surface area contributed by atoms with Crippen molar-refractivity contribution >= 4 is 27.8 Å². The molecule has 0 aliphatic carbocycles. The third kappa shape index (κ3) is 7.05. The number of alkyl halides is 3. The molecule has 1 N–H and O–H groups in total. The van der Waals surface area contributed by atoms with Gasteiger partial charge in [0.25, 0.3) is 0 Å². The minimum Gasteiger partial charge on any atom is -0.490 e. The van der Waals surface area contributed by atoms with Crippen molar-refractivity contribution in [2.24, 2.45) is 0 Å². The Labute approximate surface area is 171 Å². The van der Waals surface area contributed by atoms with Gasteiger partial charge in [0, 0.05) is 31.7 Å². The molecule has 1 atom stereocenters. The Kier molecular flexibility index (Phi) is 8.20. The number of methoxy groups -OCH3 is 1. The molecule has 7 nitrogen and oxygen atoms in total. The summed E-state index contributed by atoms with van der Waals surface area (Å²) in [7, 11) is -2.66. The van der Waals surface area contributed by atoms with Crippen LogP contribution in [0, 0.1) is 0 Å². The van der Waals surface area contributed by atoms with Crippen LogP contribution in [0.3, 0.4) is 0 Å². The number of halogens is 3. The summed E-state index contributed by atoms with van der Waals surface area (Å²) in [5.41, 5.74) is -4.36. The molecule has 0 saturated carbocycles. The molecule has 0 spiro atoms. The summed E-state index contributed by atoms with van der Waals surface area (Å²) >= 11 is -0.217. The molecule has 0 radical (unpaired) electrons. The highest BCUT2D eigenvalue weighted by atomic mass is 32.2. The van der Waals surface area contributed by atoms with Gasteiger partial charge in [-0.3, -0.25) is 4.79 Å². The van der Waals surface area contributed by atoms with Crippen molar-refractivity contribution in [3.8, 4) is 5.75 Å². The second kappa shape index (κ2) is 10.0. The molecule has 2 rings (SSSR count). The maximum atomic E-state index is 12.6. The molecule has 1 fully saturated rings. The summed E-state index contributed by atoms with van der Waals surface area (Å²) in [5.74, 6) is -1.03. The first-order valence-corrected chi connectivity index (χ1v) is 11.1. The lowest BCUT2D eigenvalue weighted by molar-refractivity contribution is -0.136. The van der Waals surface area contributed by atoms with Gasteiger partial charge < -0.3 is 14.6 Å². The van der Waals surface area contributed by atoms with E-state index in [1.165, 1.54) is 31.4 Å². The smallest absolute Gasteiger partial charge is 0.446 e. The van der Waals surface area contributed by atoms with E-state index in [9.17, 15) is 31.5 Å². The van der Waals surface area contributed by atoms with Crippen LogP contribution in [0.4, 0.5) is 13.2 Å². The number of rotatable bonds is 9. The van der Waals surface area contributed by atoms with E-state index in [0.717, 1.165) is 4.31 Å². The highest BCUT2D eigenvalue weighted by molar-refractivity contribution is 8.00. The number of hydrogen-bond acceptors (Lipinski definition) is 6. The number of piperidine rings is 1. The molecule has 12 heteroatoms. The van der Waals surface area contributed by atoms with Gasteiger partial charge >= 0.3 is 11.5 Å². The van der Waals surface area contributed by atoms with Gasteiger partial charge in [-0.1, -0.05) is 0 Å². The third-order valence-corrected chi connectivity index (χ3v) is 7.32. The standard InChI is InChI=1S/C17H22F3NO6S2/c1-26-11-8-15(16(22)23)29(24,25)21-9-6-13(7-10-21)27-12-2-4-14(5-3-12)28-17(18,19)20/h2-5,13,15H,6-11H2,1H3,(H,22,23). The normalized spacial score (nSPS) is 17.8. The number of sulfonamides is 1. The largest absolute Gasteiger partial charge is 0.490 e. The SMILES string of the molecule is COCCC(C(=O)O)S(=O)(=O)N1CCC(Oc2ccc(SC(F)(F)F)cc2)CC1. The van der Waals surface area contributed by atoms with Gasteiger partial charge in [-0.15, -0.1) is 0 Å². The van der Waals surface area contributed by atoms with Crippen LogP contribution in [-0.2, 0) is 19.6 Å². The summed E-state index contributed by atoms with van der Waals surface area (Å²) in [4.78, 5) is 11.4. The molecule has 164 valence electrons. The van der Waals surface area contributed by atoms with Gasteiger partial charge in [-0.25, -0.2) is 12.7 Å². The number of ether oxygens (including phenoxy) is 2. The molecule has 1 aromatic rings. The van der Waals surface area contributed by atoms with Gasteiger partial charge in [-0.05, 0) is 55.3 Å². The Morgan fingerprint density at radius 2 is 1.86 bits per heavy atom. The number of carboxylic acids is 1. The van der Waals surface area contributed by atoms with E-state index in [0.29, 0.717) is 18.6 Å². The number of benzene rings is 1. The predicted octanol–water partition coefficient (Wildman–Crippen LogP) is 2.96. The zero-order chi connectivity index (χ0) is 21.7. The van der Waals surface area contributed by atoms with Crippen molar-refractivity contribution in [1.82, 2.24) is 4.31 Å². The average molecular weight is 457 g/mol. The summed E-state index contributed by atoms with van der Waals surface area (Å²) in [5, 5.41) is 7.68. The Balaban J connectivity index is 1.92. The van der Waals surface area contributed by atoms with Crippen molar-refractivity contribution in [3.63, 3.8) is 0 Å². The summed E-state index contributed by atoms with van der Waals surface area (Å²) in [6.07, 6.45) is 0.223. The second-order valence-electron chi connectivity index (χ2n) is 6.39. The number of carbonyl (C=O) groups is 1. The number of hydrogen-bond donors (Lipinski definition) is 1. The van der Waals surface area contributed by atoms with Crippen LogP contribution in [0.25, 0.3) is 0 Å². The molecule has 0 bridgehead atoms. The third-order valence-electron chi connectivity index (χ3n) is 4.34. The van der Waals surface area contributed by atoms with E-state index < -0.39 is 26.8 Å². The average Bonchev–Trinajstić information content (AvgIpc) is 2.62. The lowest BCUT2D eigenvalue weighted by Gasteiger charge is -2.33. The van der Waals surface area contributed by atoms with Crippen molar-refractivity contribution < 1.29 is 41.0 Å². The Bertz CT molecular complexity index is 777. The molecular formula is C17H22F3NO6S2.